The molecular formula is C24H18N6OS2. The lowest BCUT2D eigenvalue weighted by Crippen LogP contribution is -2.28. The molecule has 2 aliphatic rings. The maximum absolute atomic E-state index is 13.4. The van der Waals surface area contributed by atoms with Gasteiger partial charge in [-0.2, -0.15) is 15.2 Å². The van der Waals surface area contributed by atoms with E-state index in [9.17, 15) is 4.79 Å². The highest BCUT2D eigenvalue weighted by atomic mass is 32.1. The molecule has 1 amide bonds. The summed E-state index contributed by atoms with van der Waals surface area (Å²) in [6, 6.07) is 19.4. The molecule has 1 aliphatic heterocycles. The first kappa shape index (κ1) is 20.0. The molecule has 4 aromatic rings. The van der Waals surface area contributed by atoms with Crippen molar-refractivity contribution in [1.29, 1.82) is 0 Å². The molecule has 2 aromatic carbocycles. The fraction of sp³-hybridized carbons (Fsp3) is 0.125. The van der Waals surface area contributed by atoms with Gasteiger partial charge in [0.05, 0.1) is 11.4 Å². The highest BCUT2D eigenvalue weighted by Crippen LogP contribution is 2.41. The molecule has 0 spiro atoms. The number of carbonyl (C=O) groups is 1. The standard InChI is InChI=1S/C24H18N6OS2/c31-22-21(27-28-23-25-18(13-32-23)16-11-12-16)20(17-9-5-2-6-10-17)29-30(22)24-26-19(14-33-24)15-7-3-1-4-8-15/h1-10,13-14,16H,11-12H2,(H,25,28)/b27-21-. The second-order valence-electron chi connectivity index (χ2n) is 7.74. The van der Waals surface area contributed by atoms with E-state index in [0.29, 0.717) is 21.9 Å². The Kier molecular flexibility index (Phi) is 5.04. The molecule has 0 saturated heterocycles. The van der Waals surface area contributed by atoms with Gasteiger partial charge in [0.15, 0.2) is 5.71 Å². The van der Waals surface area contributed by atoms with Gasteiger partial charge in [-0.25, -0.2) is 9.97 Å². The van der Waals surface area contributed by atoms with Crippen molar-refractivity contribution in [3.05, 3.63) is 82.7 Å². The summed E-state index contributed by atoms with van der Waals surface area (Å²) in [6.45, 7) is 0. The third-order valence-electron chi connectivity index (χ3n) is 5.39. The molecule has 7 nitrogen and oxygen atoms in total. The lowest BCUT2D eigenvalue weighted by atomic mass is 10.1. The SMILES string of the molecule is O=C1/C(=N\Nc2nc(C3CC3)cs2)C(c2ccccc2)=NN1c1nc(-c2ccccc2)cs1. The fourth-order valence-corrected chi connectivity index (χ4v) is 5.04. The normalized spacial score (nSPS) is 17.0. The number of thiazole rings is 2. The summed E-state index contributed by atoms with van der Waals surface area (Å²) in [4.78, 5) is 22.6. The van der Waals surface area contributed by atoms with E-state index in [4.69, 9.17) is 0 Å². The monoisotopic (exact) mass is 470 g/mol. The highest BCUT2D eigenvalue weighted by molar-refractivity contribution is 7.14. The highest BCUT2D eigenvalue weighted by Gasteiger charge is 2.36. The molecule has 162 valence electrons. The summed E-state index contributed by atoms with van der Waals surface area (Å²) >= 11 is 2.87. The van der Waals surface area contributed by atoms with E-state index in [-0.39, 0.29) is 11.6 Å². The van der Waals surface area contributed by atoms with Crippen molar-refractivity contribution in [1.82, 2.24) is 9.97 Å². The zero-order valence-corrected chi connectivity index (χ0v) is 19.0. The molecule has 0 unspecified atom stereocenters. The Morgan fingerprint density at radius 1 is 0.909 bits per heavy atom. The number of amides is 1. The third-order valence-corrected chi connectivity index (χ3v) is 6.97. The molecular weight excluding hydrogens is 452 g/mol. The van der Waals surface area contributed by atoms with Crippen molar-refractivity contribution < 1.29 is 4.79 Å². The number of nitrogens with one attached hydrogen (secondary N) is 1. The van der Waals surface area contributed by atoms with Crippen molar-refractivity contribution in [3.8, 4) is 11.3 Å². The average molecular weight is 471 g/mol. The van der Waals surface area contributed by atoms with Crippen LogP contribution in [0.15, 0.2) is 81.6 Å². The summed E-state index contributed by atoms with van der Waals surface area (Å²) in [5, 5.41) is 15.5. The van der Waals surface area contributed by atoms with Gasteiger partial charge in [0, 0.05) is 27.8 Å². The van der Waals surface area contributed by atoms with Crippen LogP contribution in [0.2, 0.25) is 0 Å². The topological polar surface area (TPSA) is 82.8 Å². The van der Waals surface area contributed by atoms with Crippen LogP contribution >= 0.6 is 22.7 Å². The maximum atomic E-state index is 13.4. The Morgan fingerprint density at radius 3 is 2.36 bits per heavy atom. The van der Waals surface area contributed by atoms with Crippen molar-refractivity contribution in [2.75, 3.05) is 10.4 Å². The molecule has 1 fully saturated rings. The van der Waals surface area contributed by atoms with E-state index >= 15 is 0 Å². The van der Waals surface area contributed by atoms with Gasteiger partial charge in [-0.15, -0.1) is 22.7 Å². The van der Waals surface area contributed by atoms with Gasteiger partial charge in [-0.05, 0) is 12.8 Å². The van der Waals surface area contributed by atoms with Crippen molar-refractivity contribution in [2.45, 2.75) is 18.8 Å². The molecule has 9 heteroatoms. The molecule has 0 bridgehead atoms. The predicted octanol–water partition coefficient (Wildman–Crippen LogP) is 5.36. The lowest BCUT2D eigenvalue weighted by molar-refractivity contribution is -0.112. The van der Waals surface area contributed by atoms with Gasteiger partial charge >= 0.3 is 5.91 Å². The zero-order chi connectivity index (χ0) is 22.2. The number of hydrogen-bond donors (Lipinski definition) is 1. The quantitative estimate of drug-likeness (QED) is 0.385. The molecule has 1 N–H and O–H groups in total. The Hall–Kier alpha value is -3.69. The summed E-state index contributed by atoms with van der Waals surface area (Å²) in [6.07, 6.45) is 2.38. The summed E-state index contributed by atoms with van der Waals surface area (Å²) < 4.78 is 0. The molecule has 2 aromatic heterocycles. The summed E-state index contributed by atoms with van der Waals surface area (Å²) in [5.74, 6) is 0.243. The van der Waals surface area contributed by atoms with E-state index in [2.05, 4.69) is 31.0 Å². The molecule has 0 radical (unpaired) electrons. The average Bonchev–Trinajstić information content (AvgIpc) is 3.27. The minimum atomic E-state index is -0.325. The Morgan fingerprint density at radius 2 is 1.64 bits per heavy atom. The van der Waals surface area contributed by atoms with Gasteiger partial charge in [-0.3, -0.25) is 10.2 Å². The number of rotatable bonds is 6. The van der Waals surface area contributed by atoms with E-state index in [1.807, 2.05) is 66.0 Å². The second-order valence-corrected chi connectivity index (χ2v) is 9.43. The van der Waals surface area contributed by atoms with Crippen molar-refractivity contribution in [3.63, 3.8) is 0 Å². The third kappa shape index (κ3) is 3.96. The first-order valence-electron chi connectivity index (χ1n) is 10.6. The molecule has 1 aliphatic carbocycles. The van der Waals surface area contributed by atoms with E-state index < -0.39 is 0 Å². The number of nitrogens with zero attached hydrogens (tertiary/aromatic N) is 5. The van der Waals surface area contributed by atoms with E-state index in [1.165, 1.54) is 40.5 Å². The van der Waals surface area contributed by atoms with Crippen LogP contribution in [0.4, 0.5) is 10.3 Å². The number of aromatic nitrogens is 2. The van der Waals surface area contributed by atoms with Crippen molar-refractivity contribution in [2.24, 2.45) is 10.2 Å². The van der Waals surface area contributed by atoms with Gasteiger partial charge in [0.1, 0.15) is 5.71 Å². The molecule has 33 heavy (non-hydrogen) atoms. The second kappa shape index (κ2) is 8.34. The van der Waals surface area contributed by atoms with Crippen LogP contribution in [-0.2, 0) is 4.79 Å². The van der Waals surface area contributed by atoms with Gasteiger partial charge in [0.25, 0.3) is 0 Å². The Labute approximate surface area is 198 Å². The van der Waals surface area contributed by atoms with Gasteiger partial charge < -0.3 is 0 Å². The van der Waals surface area contributed by atoms with Crippen LogP contribution < -0.4 is 10.4 Å². The molecule has 0 atom stereocenters. The Balaban J connectivity index is 1.33. The van der Waals surface area contributed by atoms with Gasteiger partial charge in [-0.1, -0.05) is 60.7 Å². The first-order chi connectivity index (χ1) is 16.3. The van der Waals surface area contributed by atoms with Crippen LogP contribution in [0.25, 0.3) is 11.3 Å². The molecule has 6 rings (SSSR count). The van der Waals surface area contributed by atoms with Crippen LogP contribution in [-0.4, -0.2) is 27.3 Å². The zero-order valence-electron chi connectivity index (χ0n) is 17.4. The minimum Gasteiger partial charge on any atom is -0.265 e. The number of hydrazone groups is 2. The molecule has 1 saturated carbocycles. The van der Waals surface area contributed by atoms with Gasteiger partial charge in [0.2, 0.25) is 10.3 Å². The Bertz CT molecular complexity index is 1370. The number of carbonyl (C=O) groups excluding carboxylic acids is 1. The number of anilines is 2. The van der Waals surface area contributed by atoms with Crippen molar-refractivity contribution >= 4 is 50.3 Å². The fourth-order valence-electron chi connectivity index (χ4n) is 3.53. The van der Waals surface area contributed by atoms with E-state index in [0.717, 1.165) is 22.5 Å². The predicted molar refractivity (Wildman–Crippen MR) is 133 cm³/mol. The minimum absolute atomic E-state index is 0.237. The van der Waals surface area contributed by atoms with Crippen LogP contribution in [0.1, 0.15) is 30.0 Å². The maximum Gasteiger partial charge on any atom is 0.303 e. The smallest absolute Gasteiger partial charge is 0.265 e. The largest absolute Gasteiger partial charge is 0.303 e. The first-order valence-corrected chi connectivity index (χ1v) is 12.3. The molecule has 3 heterocycles. The lowest BCUT2D eigenvalue weighted by Gasteiger charge is -2.06. The van der Waals surface area contributed by atoms with E-state index in [1.54, 1.807) is 0 Å². The summed E-state index contributed by atoms with van der Waals surface area (Å²) in [5.41, 5.74) is 7.41. The van der Waals surface area contributed by atoms with Crippen LogP contribution in [0, 0.1) is 0 Å². The van der Waals surface area contributed by atoms with Crippen LogP contribution in [0.3, 0.4) is 0 Å². The van der Waals surface area contributed by atoms with Crippen LogP contribution in [0.5, 0.6) is 0 Å². The summed E-state index contributed by atoms with van der Waals surface area (Å²) in [7, 11) is 0. The number of benzene rings is 2. The number of hydrogen-bond acceptors (Lipinski definition) is 8.